The monoisotopic (exact) mass is 644 g/mol. The number of hydrogen-bond acceptors (Lipinski definition) is 4. The van der Waals surface area contributed by atoms with Crippen LogP contribution in [0.3, 0.4) is 0 Å². The number of sulfonamides is 1. The molecule has 12 heteroatoms. The minimum Gasteiger partial charge on any atom is -0.480 e. The Morgan fingerprint density at radius 2 is 1.81 bits per heavy atom. The van der Waals surface area contributed by atoms with E-state index in [0.29, 0.717) is 4.88 Å². The summed E-state index contributed by atoms with van der Waals surface area (Å²) in [5.74, 6) is 0.528. The van der Waals surface area contributed by atoms with Crippen molar-refractivity contribution in [3.05, 3.63) is 85.2 Å². The van der Waals surface area contributed by atoms with Gasteiger partial charge in [0.2, 0.25) is 0 Å². The minimum atomic E-state index is -4.28. The molecule has 0 bridgehead atoms. The maximum absolute atomic E-state index is 14.7. The third-order valence-electron chi connectivity index (χ3n) is 5.23. The topological polar surface area (TPSA) is 99.3 Å². The van der Waals surface area contributed by atoms with Crippen LogP contribution in [0.5, 0.6) is 0 Å². The predicted octanol–water partition coefficient (Wildman–Crippen LogP) is 4.93. The maximum atomic E-state index is 14.7. The molecule has 186 valence electrons. The summed E-state index contributed by atoms with van der Waals surface area (Å²) < 4.78 is 69.9. The fraction of sp³-hybridized carbons (Fsp3) is 0.125. The van der Waals surface area contributed by atoms with Crippen molar-refractivity contribution in [2.75, 3.05) is 0 Å². The van der Waals surface area contributed by atoms with Crippen LogP contribution in [0.4, 0.5) is 13.2 Å². The van der Waals surface area contributed by atoms with Gasteiger partial charge in [-0.2, -0.15) is 4.72 Å². The molecular formula is C24H16F3IN2O4S2. The van der Waals surface area contributed by atoms with Gasteiger partial charge >= 0.3 is 5.97 Å². The van der Waals surface area contributed by atoms with Gasteiger partial charge in [-0.25, -0.2) is 21.6 Å². The highest BCUT2D eigenvalue weighted by Crippen LogP contribution is 2.31. The van der Waals surface area contributed by atoms with Gasteiger partial charge < -0.3 is 10.1 Å². The molecule has 2 aromatic heterocycles. The molecule has 0 aliphatic heterocycles. The van der Waals surface area contributed by atoms with Gasteiger partial charge in [0.15, 0.2) is 11.6 Å². The van der Waals surface area contributed by atoms with Crippen molar-refractivity contribution in [3.63, 3.8) is 0 Å². The highest BCUT2D eigenvalue weighted by Gasteiger charge is 2.29. The molecule has 0 radical (unpaired) electrons. The second-order valence-electron chi connectivity index (χ2n) is 7.77. The molecule has 2 aromatic carbocycles. The number of halogens is 4. The summed E-state index contributed by atoms with van der Waals surface area (Å²) in [6.07, 6.45) is 0.610. The lowest BCUT2D eigenvalue weighted by atomic mass is 10.0. The standard InChI is InChI=1S/C24H16F3IN2O4S2/c1-12-2-4-13(5-3-12)6-7-15-8-9-17(35-15)36(33,34)30-16(24(31)32)10-14-11-29-23-18(14)19(25)22(28)20(26)21(23)27/h2-5,8-9,11,16,29-30H,10H2,1H3,(H,31,32)/t16-/m1/s1. The summed E-state index contributed by atoms with van der Waals surface area (Å²) in [5.41, 5.74) is 1.33. The van der Waals surface area contributed by atoms with Crippen LogP contribution in [0.15, 0.2) is 46.8 Å². The Morgan fingerprint density at radius 1 is 1.11 bits per heavy atom. The van der Waals surface area contributed by atoms with Gasteiger partial charge in [-0.3, -0.25) is 4.79 Å². The molecule has 3 N–H and O–H groups in total. The number of aromatic nitrogens is 1. The van der Waals surface area contributed by atoms with Crippen molar-refractivity contribution in [1.29, 1.82) is 0 Å². The van der Waals surface area contributed by atoms with Crippen LogP contribution in [0.2, 0.25) is 0 Å². The molecule has 4 aromatic rings. The Labute approximate surface area is 221 Å². The van der Waals surface area contributed by atoms with Crippen LogP contribution >= 0.6 is 33.9 Å². The third kappa shape index (κ3) is 5.29. The van der Waals surface area contributed by atoms with Crippen molar-refractivity contribution in [1.82, 2.24) is 9.71 Å². The van der Waals surface area contributed by atoms with E-state index in [9.17, 15) is 31.5 Å². The molecule has 0 saturated carbocycles. The van der Waals surface area contributed by atoms with Crippen molar-refractivity contribution in [3.8, 4) is 11.8 Å². The van der Waals surface area contributed by atoms with Crippen LogP contribution in [-0.4, -0.2) is 30.5 Å². The number of aliphatic carboxylic acids is 1. The molecule has 0 spiro atoms. The molecule has 0 unspecified atom stereocenters. The van der Waals surface area contributed by atoms with Gasteiger partial charge in [-0.05, 0) is 59.3 Å². The van der Waals surface area contributed by atoms with Gasteiger partial charge in [-0.1, -0.05) is 29.5 Å². The van der Waals surface area contributed by atoms with E-state index in [2.05, 4.69) is 21.5 Å². The zero-order valence-corrected chi connectivity index (χ0v) is 22.1. The molecule has 1 atom stereocenters. The first-order valence-electron chi connectivity index (χ1n) is 10.2. The predicted molar refractivity (Wildman–Crippen MR) is 138 cm³/mol. The first kappa shape index (κ1) is 26.2. The number of rotatable bonds is 6. The number of carboxylic acids is 1. The van der Waals surface area contributed by atoms with Crippen LogP contribution in [0.1, 0.15) is 21.6 Å². The van der Waals surface area contributed by atoms with E-state index in [4.69, 9.17) is 0 Å². The smallest absolute Gasteiger partial charge is 0.322 e. The number of carboxylic acid groups (broad SMARTS) is 1. The molecular weight excluding hydrogens is 628 g/mol. The number of carbonyl (C=O) groups is 1. The van der Waals surface area contributed by atoms with E-state index >= 15 is 0 Å². The molecule has 6 nitrogen and oxygen atoms in total. The molecule has 0 aliphatic carbocycles. The number of benzene rings is 2. The average molecular weight is 644 g/mol. The number of nitrogens with one attached hydrogen (secondary N) is 2. The van der Waals surface area contributed by atoms with E-state index in [0.717, 1.165) is 28.7 Å². The van der Waals surface area contributed by atoms with E-state index in [1.54, 1.807) is 0 Å². The first-order valence-corrected chi connectivity index (χ1v) is 13.6. The maximum Gasteiger partial charge on any atom is 0.322 e. The van der Waals surface area contributed by atoms with Crippen molar-refractivity contribution in [2.24, 2.45) is 0 Å². The number of H-pyrrole nitrogens is 1. The average Bonchev–Trinajstić information content (AvgIpc) is 3.48. The molecule has 0 fully saturated rings. The second-order valence-corrected chi connectivity index (χ2v) is 11.9. The fourth-order valence-electron chi connectivity index (χ4n) is 3.41. The van der Waals surface area contributed by atoms with E-state index in [1.807, 2.05) is 31.2 Å². The summed E-state index contributed by atoms with van der Waals surface area (Å²) >= 11 is 2.17. The quantitative estimate of drug-likeness (QED) is 0.120. The summed E-state index contributed by atoms with van der Waals surface area (Å²) in [5, 5.41) is 9.29. The van der Waals surface area contributed by atoms with Crippen LogP contribution in [0, 0.1) is 39.8 Å². The fourth-order valence-corrected chi connectivity index (χ4v) is 6.28. The van der Waals surface area contributed by atoms with Crippen molar-refractivity contribution in [2.45, 2.75) is 23.6 Å². The molecule has 0 saturated heterocycles. The Bertz CT molecular complexity index is 1650. The van der Waals surface area contributed by atoms with Gasteiger partial charge in [-0.15, -0.1) is 11.3 Å². The molecule has 2 heterocycles. The molecule has 0 amide bonds. The van der Waals surface area contributed by atoms with Gasteiger partial charge in [0.1, 0.15) is 16.1 Å². The Morgan fingerprint density at radius 3 is 2.47 bits per heavy atom. The number of fused-ring (bicyclic) bond motifs is 1. The van der Waals surface area contributed by atoms with E-state index in [-0.39, 0.29) is 15.2 Å². The van der Waals surface area contributed by atoms with Crippen molar-refractivity contribution >= 4 is 60.8 Å². The Balaban J connectivity index is 1.58. The number of aryl methyl sites for hydroxylation is 1. The van der Waals surface area contributed by atoms with Gasteiger partial charge in [0.05, 0.1) is 14.0 Å². The van der Waals surface area contributed by atoms with Crippen LogP contribution < -0.4 is 4.72 Å². The summed E-state index contributed by atoms with van der Waals surface area (Å²) in [6.45, 7) is 1.94. The zero-order valence-electron chi connectivity index (χ0n) is 18.3. The van der Waals surface area contributed by atoms with E-state index in [1.165, 1.54) is 34.7 Å². The number of thiophene rings is 1. The first-order chi connectivity index (χ1) is 17.0. The summed E-state index contributed by atoms with van der Waals surface area (Å²) in [6, 6.07) is 8.57. The lowest BCUT2D eigenvalue weighted by Gasteiger charge is -2.14. The van der Waals surface area contributed by atoms with E-state index < -0.39 is 55.0 Å². The molecule has 36 heavy (non-hydrogen) atoms. The number of hydrogen-bond donors (Lipinski definition) is 3. The van der Waals surface area contributed by atoms with Crippen molar-refractivity contribution < 1.29 is 31.5 Å². The third-order valence-corrected chi connectivity index (χ3v) is 9.14. The lowest BCUT2D eigenvalue weighted by Crippen LogP contribution is -2.42. The minimum absolute atomic E-state index is 0.0229. The highest BCUT2D eigenvalue weighted by molar-refractivity contribution is 14.1. The summed E-state index contributed by atoms with van der Waals surface area (Å²) in [7, 11) is -4.28. The van der Waals surface area contributed by atoms with Crippen LogP contribution in [-0.2, 0) is 21.2 Å². The van der Waals surface area contributed by atoms with Gasteiger partial charge in [0, 0.05) is 23.6 Å². The lowest BCUT2D eigenvalue weighted by molar-refractivity contribution is -0.138. The second kappa shape index (κ2) is 10.3. The zero-order chi connectivity index (χ0) is 26.2. The largest absolute Gasteiger partial charge is 0.480 e. The van der Waals surface area contributed by atoms with Crippen LogP contribution in [0.25, 0.3) is 10.9 Å². The normalized spacial score (nSPS) is 12.4. The molecule has 0 aliphatic rings. The highest BCUT2D eigenvalue weighted by atomic mass is 127. The summed E-state index contributed by atoms with van der Waals surface area (Å²) in [4.78, 5) is 14.7. The van der Waals surface area contributed by atoms with Gasteiger partial charge in [0.25, 0.3) is 10.0 Å². The molecule has 4 rings (SSSR count). The Kier molecular flexibility index (Phi) is 7.46. The number of aromatic amines is 1. The Hall–Kier alpha value is -2.86. The SMILES string of the molecule is Cc1ccc(C#Cc2ccc(S(=O)(=O)N[C@H](Cc3c[nH]c4c(F)c(F)c(I)c(F)c34)C(=O)O)s2)cc1.